The number of sulfone groups is 1. The molecule has 1 amide bonds. The average molecular weight is 350 g/mol. The molecule has 0 bridgehead atoms. The molecular formula is C18H26N2O3S. The number of piperazine rings is 1. The molecule has 1 atom stereocenters. The van der Waals surface area contributed by atoms with E-state index >= 15 is 0 Å². The molecule has 0 saturated carbocycles. The highest BCUT2D eigenvalue weighted by molar-refractivity contribution is 7.90. The van der Waals surface area contributed by atoms with Crippen molar-refractivity contribution in [2.24, 2.45) is 0 Å². The molecule has 1 aliphatic heterocycles. The van der Waals surface area contributed by atoms with Crippen molar-refractivity contribution in [3.8, 4) is 0 Å². The second-order valence-corrected chi connectivity index (χ2v) is 9.25. The summed E-state index contributed by atoms with van der Waals surface area (Å²) in [5, 5.41) is 0. The SMILES string of the molecule is CS(=O)(=O)CCN1CCN(C(=O)C[C@H]2CCc3ccccc32)CC1. The maximum Gasteiger partial charge on any atom is 0.223 e. The molecule has 0 N–H and O–H groups in total. The van der Waals surface area contributed by atoms with Crippen molar-refractivity contribution in [1.82, 2.24) is 9.80 Å². The molecule has 3 rings (SSSR count). The number of hydrogen-bond donors (Lipinski definition) is 0. The monoisotopic (exact) mass is 350 g/mol. The summed E-state index contributed by atoms with van der Waals surface area (Å²) in [5.74, 6) is 0.788. The summed E-state index contributed by atoms with van der Waals surface area (Å²) in [7, 11) is -2.92. The zero-order valence-corrected chi connectivity index (χ0v) is 15.1. The minimum atomic E-state index is -2.92. The van der Waals surface area contributed by atoms with E-state index in [0.717, 1.165) is 25.9 Å². The Balaban J connectivity index is 1.48. The van der Waals surface area contributed by atoms with Gasteiger partial charge in [0.15, 0.2) is 0 Å². The van der Waals surface area contributed by atoms with Gasteiger partial charge in [0.05, 0.1) is 5.75 Å². The van der Waals surface area contributed by atoms with Gasteiger partial charge in [-0.25, -0.2) is 8.42 Å². The predicted octanol–water partition coefficient (Wildman–Crippen LogP) is 1.30. The number of rotatable bonds is 5. The van der Waals surface area contributed by atoms with Crippen molar-refractivity contribution in [3.63, 3.8) is 0 Å². The third-order valence-electron chi connectivity index (χ3n) is 5.18. The van der Waals surface area contributed by atoms with Crippen molar-refractivity contribution in [2.45, 2.75) is 25.2 Å². The maximum absolute atomic E-state index is 12.6. The molecule has 6 heteroatoms. The number of carbonyl (C=O) groups excluding carboxylic acids is 1. The van der Waals surface area contributed by atoms with Gasteiger partial charge in [0.25, 0.3) is 0 Å². The molecule has 24 heavy (non-hydrogen) atoms. The standard InChI is InChI=1S/C18H26N2O3S/c1-24(22,23)13-12-19-8-10-20(11-9-19)18(21)14-16-7-6-15-4-2-3-5-17(15)16/h2-5,16H,6-14H2,1H3/t16-/m1/s1. The summed E-state index contributed by atoms with van der Waals surface area (Å²) in [5.41, 5.74) is 2.73. The quantitative estimate of drug-likeness (QED) is 0.803. The molecule has 1 aromatic carbocycles. The topological polar surface area (TPSA) is 57.7 Å². The Kier molecular flexibility index (Phi) is 5.25. The van der Waals surface area contributed by atoms with Gasteiger partial charge in [0, 0.05) is 45.4 Å². The van der Waals surface area contributed by atoms with E-state index in [4.69, 9.17) is 0 Å². The molecule has 0 unspecified atom stereocenters. The van der Waals surface area contributed by atoms with Crippen LogP contribution in [0.25, 0.3) is 0 Å². The molecule has 2 aliphatic rings. The highest BCUT2D eigenvalue weighted by atomic mass is 32.2. The van der Waals surface area contributed by atoms with E-state index in [1.165, 1.54) is 17.4 Å². The van der Waals surface area contributed by atoms with Crippen molar-refractivity contribution in [1.29, 1.82) is 0 Å². The molecular weight excluding hydrogens is 324 g/mol. The summed E-state index contributed by atoms with van der Waals surface area (Å²) in [6.07, 6.45) is 4.01. The van der Waals surface area contributed by atoms with Gasteiger partial charge in [-0.1, -0.05) is 24.3 Å². The van der Waals surface area contributed by atoms with Crippen LogP contribution in [-0.2, 0) is 21.1 Å². The molecule has 1 aliphatic carbocycles. The Labute approximate surface area is 144 Å². The van der Waals surface area contributed by atoms with Crippen molar-refractivity contribution in [3.05, 3.63) is 35.4 Å². The largest absolute Gasteiger partial charge is 0.340 e. The molecule has 5 nitrogen and oxygen atoms in total. The lowest BCUT2D eigenvalue weighted by molar-refractivity contribution is -0.133. The van der Waals surface area contributed by atoms with Crippen LogP contribution in [0.15, 0.2) is 24.3 Å². The number of nitrogens with zero attached hydrogens (tertiary/aromatic N) is 2. The van der Waals surface area contributed by atoms with Gasteiger partial charge in [-0.15, -0.1) is 0 Å². The van der Waals surface area contributed by atoms with Crippen LogP contribution in [0, 0.1) is 0 Å². The average Bonchev–Trinajstić information content (AvgIpc) is 2.96. The number of benzene rings is 1. The minimum Gasteiger partial charge on any atom is -0.340 e. The van der Waals surface area contributed by atoms with E-state index < -0.39 is 9.84 Å². The molecule has 1 fully saturated rings. The molecule has 132 valence electrons. The smallest absolute Gasteiger partial charge is 0.223 e. The van der Waals surface area contributed by atoms with Crippen molar-refractivity contribution in [2.75, 3.05) is 44.7 Å². The Morgan fingerprint density at radius 1 is 1.17 bits per heavy atom. The fraction of sp³-hybridized carbons (Fsp3) is 0.611. The lowest BCUT2D eigenvalue weighted by Crippen LogP contribution is -2.49. The van der Waals surface area contributed by atoms with Gasteiger partial charge in [0.1, 0.15) is 9.84 Å². The summed E-state index contributed by atoms with van der Waals surface area (Å²) in [6.45, 7) is 3.51. The first-order valence-electron chi connectivity index (χ1n) is 8.68. The third kappa shape index (κ3) is 4.36. The van der Waals surface area contributed by atoms with Crippen LogP contribution in [0.1, 0.15) is 29.9 Å². The summed E-state index contributed by atoms with van der Waals surface area (Å²) in [4.78, 5) is 16.7. The van der Waals surface area contributed by atoms with Crippen LogP contribution in [0.5, 0.6) is 0 Å². The van der Waals surface area contributed by atoms with Crippen LogP contribution in [0.4, 0.5) is 0 Å². The number of carbonyl (C=O) groups is 1. The van der Waals surface area contributed by atoms with Gasteiger partial charge in [-0.3, -0.25) is 9.69 Å². The van der Waals surface area contributed by atoms with Crippen LogP contribution in [0.3, 0.4) is 0 Å². The van der Waals surface area contributed by atoms with Crippen LogP contribution in [-0.4, -0.2) is 68.9 Å². The third-order valence-corrected chi connectivity index (χ3v) is 6.11. The van der Waals surface area contributed by atoms with Gasteiger partial charge in [0.2, 0.25) is 5.91 Å². The Hall–Kier alpha value is -1.40. The Bertz CT molecular complexity index is 694. The molecule has 1 aromatic rings. The second-order valence-electron chi connectivity index (χ2n) is 6.99. The first-order chi connectivity index (χ1) is 11.4. The van der Waals surface area contributed by atoms with E-state index in [-0.39, 0.29) is 11.7 Å². The van der Waals surface area contributed by atoms with Crippen LogP contribution < -0.4 is 0 Å². The molecule has 0 aromatic heterocycles. The highest BCUT2D eigenvalue weighted by Gasteiger charge is 2.28. The van der Waals surface area contributed by atoms with Gasteiger partial charge < -0.3 is 4.90 Å². The molecule has 0 spiro atoms. The fourth-order valence-corrected chi connectivity index (χ4v) is 4.30. The van der Waals surface area contributed by atoms with Gasteiger partial charge in [-0.05, 0) is 29.9 Å². The van der Waals surface area contributed by atoms with Crippen LogP contribution >= 0.6 is 0 Å². The van der Waals surface area contributed by atoms with E-state index in [1.807, 2.05) is 4.90 Å². The highest BCUT2D eigenvalue weighted by Crippen LogP contribution is 2.35. The van der Waals surface area contributed by atoms with E-state index in [9.17, 15) is 13.2 Å². The maximum atomic E-state index is 12.6. The molecule has 1 saturated heterocycles. The molecule has 1 heterocycles. The summed E-state index contributed by atoms with van der Waals surface area (Å²) >= 11 is 0. The second kappa shape index (κ2) is 7.23. The lowest BCUT2D eigenvalue weighted by atomic mass is 9.97. The first-order valence-corrected chi connectivity index (χ1v) is 10.7. The lowest BCUT2D eigenvalue weighted by Gasteiger charge is -2.35. The summed E-state index contributed by atoms with van der Waals surface area (Å²) < 4.78 is 22.5. The van der Waals surface area contributed by atoms with Crippen molar-refractivity contribution >= 4 is 15.7 Å². The van der Waals surface area contributed by atoms with E-state index in [2.05, 4.69) is 29.2 Å². The van der Waals surface area contributed by atoms with Crippen molar-refractivity contribution < 1.29 is 13.2 Å². The Morgan fingerprint density at radius 2 is 1.88 bits per heavy atom. The van der Waals surface area contributed by atoms with E-state index in [0.29, 0.717) is 32.0 Å². The number of amides is 1. The van der Waals surface area contributed by atoms with Gasteiger partial charge in [-0.2, -0.15) is 0 Å². The van der Waals surface area contributed by atoms with E-state index in [1.54, 1.807) is 0 Å². The first kappa shape index (κ1) is 17.4. The number of aryl methyl sites for hydroxylation is 1. The molecule has 0 radical (unpaired) electrons. The van der Waals surface area contributed by atoms with Crippen LogP contribution in [0.2, 0.25) is 0 Å². The zero-order valence-electron chi connectivity index (χ0n) is 14.3. The minimum absolute atomic E-state index is 0.194. The number of hydrogen-bond acceptors (Lipinski definition) is 4. The summed E-state index contributed by atoms with van der Waals surface area (Å²) in [6, 6.07) is 8.45. The zero-order chi connectivity index (χ0) is 17.2. The Morgan fingerprint density at radius 3 is 2.58 bits per heavy atom. The normalized spacial score (nSPS) is 21.7. The van der Waals surface area contributed by atoms with Gasteiger partial charge >= 0.3 is 0 Å². The number of fused-ring (bicyclic) bond motifs is 1. The fourth-order valence-electron chi connectivity index (χ4n) is 3.71. The predicted molar refractivity (Wildman–Crippen MR) is 94.9 cm³/mol.